The zero-order chi connectivity index (χ0) is 21.9. The first-order valence-corrected chi connectivity index (χ1v) is 9.30. The van der Waals surface area contributed by atoms with Crippen LogP contribution in [0.1, 0.15) is 30.0 Å². The van der Waals surface area contributed by atoms with Gasteiger partial charge in [-0.2, -0.15) is 14.0 Å². The molecule has 0 aromatic heterocycles. The van der Waals surface area contributed by atoms with Crippen LogP contribution in [0.15, 0.2) is 41.4 Å². The minimum Gasteiger partial charge on any atom is -0.493 e. The number of ether oxygens (including phenoxy) is 2. The SMILES string of the molecule is CCCOc1ccc(CNC(=NC)NCc2ccc(C#N)cc2F)c(OC(F)F)c1.I. The summed E-state index contributed by atoms with van der Waals surface area (Å²) >= 11 is 0. The second-order valence-corrected chi connectivity index (χ2v) is 6.19. The highest BCUT2D eigenvalue weighted by Crippen LogP contribution is 2.26. The molecule has 2 N–H and O–H groups in total. The monoisotopic (exact) mass is 548 g/mol. The molecule has 0 amide bonds. The van der Waals surface area contributed by atoms with E-state index in [1.165, 1.54) is 25.2 Å². The first-order valence-electron chi connectivity index (χ1n) is 9.30. The Labute approximate surface area is 196 Å². The normalized spacial score (nSPS) is 10.8. The van der Waals surface area contributed by atoms with Gasteiger partial charge >= 0.3 is 6.61 Å². The average Bonchev–Trinajstić information content (AvgIpc) is 2.73. The lowest BCUT2D eigenvalue weighted by Crippen LogP contribution is -2.36. The first kappa shape index (κ1) is 26.4. The van der Waals surface area contributed by atoms with Crippen molar-refractivity contribution in [1.82, 2.24) is 10.6 Å². The maximum Gasteiger partial charge on any atom is 0.387 e. The van der Waals surface area contributed by atoms with E-state index in [4.69, 9.17) is 10.00 Å². The lowest BCUT2D eigenvalue weighted by atomic mass is 10.1. The largest absolute Gasteiger partial charge is 0.493 e. The van der Waals surface area contributed by atoms with Gasteiger partial charge in [0.15, 0.2) is 5.96 Å². The molecule has 0 spiro atoms. The van der Waals surface area contributed by atoms with Crippen molar-refractivity contribution in [2.45, 2.75) is 33.0 Å². The number of nitrogens with zero attached hydrogens (tertiary/aromatic N) is 2. The minimum atomic E-state index is -2.97. The number of aliphatic imine (C=N–C) groups is 1. The topological polar surface area (TPSA) is 78.7 Å². The molecule has 0 bridgehead atoms. The zero-order valence-corrected chi connectivity index (χ0v) is 19.5. The molecule has 2 aromatic rings. The van der Waals surface area contributed by atoms with Crippen LogP contribution in [0.3, 0.4) is 0 Å². The van der Waals surface area contributed by atoms with Crippen molar-refractivity contribution >= 4 is 29.9 Å². The van der Waals surface area contributed by atoms with E-state index in [9.17, 15) is 13.2 Å². The van der Waals surface area contributed by atoms with E-state index in [2.05, 4.69) is 20.4 Å². The first-order chi connectivity index (χ1) is 14.5. The number of benzene rings is 2. The third-order valence-electron chi connectivity index (χ3n) is 4.03. The van der Waals surface area contributed by atoms with Crippen LogP contribution < -0.4 is 20.1 Å². The minimum absolute atomic E-state index is 0. The Morgan fingerprint density at radius 1 is 1.13 bits per heavy atom. The fourth-order valence-corrected chi connectivity index (χ4v) is 2.54. The molecular weight excluding hydrogens is 524 g/mol. The number of nitriles is 1. The van der Waals surface area contributed by atoms with E-state index in [0.29, 0.717) is 29.4 Å². The second kappa shape index (κ2) is 13.6. The third kappa shape index (κ3) is 8.53. The molecule has 2 rings (SSSR count). The predicted octanol–water partition coefficient (Wildman–Crippen LogP) is 4.57. The molecule has 0 radical (unpaired) electrons. The molecule has 0 aliphatic carbocycles. The highest BCUT2D eigenvalue weighted by Gasteiger charge is 2.12. The molecule has 168 valence electrons. The Kier molecular flexibility index (Phi) is 11.6. The van der Waals surface area contributed by atoms with Gasteiger partial charge in [0.25, 0.3) is 0 Å². The van der Waals surface area contributed by atoms with Crippen molar-refractivity contribution in [2.24, 2.45) is 4.99 Å². The lowest BCUT2D eigenvalue weighted by Gasteiger charge is -2.16. The Morgan fingerprint density at radius 2 is 1.81 bits per heavy atom. The van der Waals surface area contributed by atoms with Gasteiger partial charge in [-0.15, -0.1) is 24.0 Å². The van der Waals surface area contributed by atoms with E-state index in [0.717, 1.165) is 12.5 Å². The Balaban J connectivity index is 0.00000480. The van der Waals surface area contributed by atoms with Crippen LogP contribution in [0.4, 0.5) is 13.2 Å². The van der Waals surface area contributed by atoms with Gasteiger partial charge in [0.05, 0.1) is 18.2 Å². The molecule has 2 aromatic carbocycles. The van der Waals surface area contributed by atoms with Crippen LogP contribution in [0, 0.1) is 17.1 Å². The summed E-state index contributed by atoms with van der Waals surface area (Å²) in [5.74, 6) is 0.273. The van der Waals surface area contributed by atoms with Crippen LogP contribution in [0.2, 0.25) is 0 Å². The van der Waals surface area contributed by atoms with Gasteiger partial charge in [-0.25, -0.2) is 4.39 Å². The zero-order valence-electron chi connectivity index (χ0n) is 17.1. The number of nitrogens with one attached hydrogen (secondary N) is 2. The Morgan fingerprint density at radius 3 is 2.39 bits per heavy atom. The van der Waals surface area contributed by atoms with Gasteiger partial charge in [0, 0.05) is 37.3 Å². The number of hydrogen-bond acceptors (Lipinski definition) is 4. The maximum atomic E-state index is 14.0. The van der Waals surface area contributed by atoms with Crippen LogP contribution in [-0.2, 0) is 13.1 Å². The summed E-state index contributed by atoms with van der Waals surface area (Å²) in [6.07, 6.45) is 0.788. The van der Waals surface area contributed by atoms with Gasteiger partial charge in [-0.05, 0) is 30.7 Å². The van der Waals surface area contributed by atoms with E-state index >= 15 is 0 Å². The summed E-state index contributed by atoms with van der Waals surface area (Å²) in [6.45, 7) is -0.291. The second-order valence-electron chi connectivity index (χ2n) is 6.19. The molecule has 10 heteroatoms. The van der Waals surface area contributed by atoms with E-state index < -0.39 is 12.4 Å². The van der Waals surface area contributed by atoms with Gasteiger partial charge < -0.3 is 20.1 Å². The molecule has 0 aliphatic heterocycles. The standard InChI is InChI=1S/C21H23F3N4O2.HI/c1-3-8-29-17-7-6-16(19(10-17)30-20(23)24)13-28-21(26-2)27-12-15-5-4-14(11-25)9-18(15)22;/h4-7,9-10,20H,3,8,12-13H2,1-2H3,(H2,26,27,28);1H. The predicted molar refractivity (Wildman–Crippen MR) is 122 cm³/mol. The summed E-state index contributed by atoms with van der Waals surface area (Å²) in [5, 5.41) is 14.7. The van der Waals surface area contributed by atoms with Crippen LogP contribution in [-0.4, -0.2) is 26.2 Å². The van der Waals surface area contributed by atoms with E-state index in [-0.39, 0.29) is 48.4 Å². The highest BCUT2D eigenvalue weighted by atomic mass is 127. The summed E-state index contributed by atoms with van der Waals surface area (Å²) in [7, 11) is 1.53. The summed E-state index contributed by atoms with van der Waals surface area (Å²) < 4.78 is 49.6. The average molecular weight is 548 g/mol. The molecule has 0 saturated carbocycles. The van der Waals surface area contributed by atoms with Crippen molar-refractivity contribution in [3.8, 4) is 17.6 Å². The third-order valence-corrected chi connectivity index (χ3v) is 4.03. The molecule has 0 atom stereocenters. The fourth-order valence-electron chi connectivity index (χ4n) is 2.54. The number of alkyl halides is 2. The highest BCUT2D eigenvalue weighted by molar-refractivity contribution is 14.0. The van der Waals surface area contributed by atoms with Crippen molar-refractivity contribution in [1.29, 1.82) is 5.26 Å². The smallest absolute Gasteiger partial charge is 0.387 e. The Bertz CT molecular complexity index is 920. The number of hydrogen-bond donors (Lipinski definition) is 2. The fraction of sp³-hybridized carbons (Fsp3) is 0.333. The van der Waals surface area contributed by atoms with Gasteiger partial charge in [0.2, 0.25) is 0 Å². The molecule has 0 saturated heterocycles. The summed E-state index contributed by atoms with van der Waals surface area (Å²) in [6, 6.07) is 10.8. The number of rotatable bonds is 9. The van der Waals surface area contributed by atoms with Gasteiger partial charge in [0.1, 0.15) is 17.3 Å². The summed E-state index contributed by atoms with van der Waals surface area (Å²) in [4.78, 5) is 4.04. The maximum absolute atomic E-state index is 14.0. The van der Waals surface area contributed by atoms with Crippen LogP contribution in [0.25, 0.3) is 0 Å². The van der Waals surface area contributed by atoms with Crippen molar-refractivity contribution in [3.63, 3.8) is 0 Å². The van der Waals surface area contributed by atoms with Gasteiger partial charge in [-0.3, -0.25) is 4.99 Å². The summed E-state index contributed by atoms with van der Waals surface area (Å²) in [5.41, 5.74) is 1.07. The molecular formula is C21H24F3IN4O2. The van der Waals surface area contributed by atoms with E-state index in [1.54, 1.807) is 12.1 Å². The molecule has 6 nitrogen and oxygen atoms in total. The molecule has 0 aliphatic rings. The number of guanidine groups is 1. The molecule has 0 unspecified atom stereocenters. The lowest BCUT2D eigenvalue weighted by molar-refractivity contribution is -0.0505. The van der Waals surface area contributed by atoms with Crippen molar-refractivity contribution in [2.75, 3.05) is 13.7 Å². The molecule has 0 heterocycles. The van der Waals surface area contributed by atoms with Gasteiger partial charge in [-0.1, -0.05) is 13.0 Å². The van der Waals surface area contributed by atoms with E-state index in [1.807, 2.05) is 13.0 Å². The number of halogens is 4. The van der Waals surface area contributed by atoms with Crippen LogP contribution in [0.5, 0.6) is 11.5 Å². The Hall–Kier alpha value is -2.68. The quantitative estimate of drug-likeness (QED) is 0.273. The van der Waals surface area contributed by atoms with Crippen LogP contribution >= 0.6 is 24.0 Å². The van der Waals surface area contributed by atoms with Crippen molar-refractivity contribution < 1.29 is 22.6 Å². The van der Waals surface area contributed by atoms with Crippen molar-refractivity contribution in [3.05, 3.63) is 58.9 Å². The molecule has 31 heavy (non-hydrogen) atoms. The molecule has 0 fully saturated rings.